The van der Waals surface area contributed by atoms with Crippen molar-refractivity contribution in [2.24, 2.45) is 13.0 Å². The highest BCUT2D eigenvalue weighted by Crippen LogP contribution is 2.39. The lowest BCUT2D eigenvalue weighted by Gasteiger charge is -2.33. The fourth-order valence-electron chi connectivity index (χ4n) is 6.74. The fraction of sp³-hybridized carbons (Fsp3) is 0.441. The minimum atomic E-state index is -5.00. The Balaban J connectivity index is 1.35. The number of aryl methyl sites for hydroxylation is 1. The molecule has 1 aromatic carbocycles. The Labute approximate surface area is 295 Å². The lowest BCUT2D eigenvalue weighted by atomic mass is 9.96. The Kier molecular flexibility index (Phi) is 10.1. The number of halogens is 7. The van der Waals surface area contributed by atoms with Gasteiger partial charge >= 0.3 is 12.4 Å². The normalized spacial score (nSPS) is 18.8. The molecular formula is C34H36ClF6N9O. The number of alkyl halides is 6. The molecule has 0 amide bonds. The Hall–Kier alpha value is -4.60. The van der Waals surface area contributed by atoms with E-state index in [2.05, 4.69) is 26.6 Å². The van der Waals surface area contributed by atoms with Crippen molar-refractivity contribution >= 4 is 29.3 Å². The number of aliphatic hydroxyl groups is 1. The van der Waals surface area contributed by atoms with Crippen LogP contribution >= 0.6 is 11.6 Å². The van der Waals surface area contributed by atoms with Crippen molar-refractivity contribution in [2.45, 2.75) is 63.6 Å². The van der Waals surface area contributed by atoms with Gasteiger partial charge in [-0.1, -0.05) is 25.1 Å². The molecule has 3 aromatic heterocycles. The second-order valence-electron chi connectivity index (χ2n) is 12.9. The van der Waals surface area contributed by atoms with Gasteiger partial charge in [-0.3, -0.25) is 4.68 Å². The minimum absolute atomic E-state index is 0.00695. The summed E-state index contributed by atoms with van der Waals surface area (Å²) in [6.45, 7) is 6.78. The molecule has 10 nitrogen and oxygen atoms in total. The Bertz CT molecular complexity index is 1830. The largest absolute Gasteiger partial charge is 0.513 e. The van der Waals surface area contributed by atoms with Crippen molar-refractivity contribution in [1.82, 2.24) is 29.7 Å². The number of hydrogen-bond donors (Lipinski definition) is 1. The maximum atomic E-state index is 13.8. The van der Waals surface area contributed by atoms with Crippen LogP contribution in [0.25, 0.3) is 11.1 Å². The Morgan fingerprint density at radius 2 is 1.61 bits per heavy atom. The summed E-state index contributed by atoms with van der Waals surface area (Å²) < 4.78 is 84.6. The van der Waals surface area contributed by atoms with Gasteiger partial charge in [-0.25, -0.2) is 15.0 Å². The monoisotopic (exact) mass is 735 g/mol. The molecule has 272 valence electrons. The highest BCUT2D eigenvalue weighted by molar-refractivity contribution is 6.32. The average Bonchev–Trinajstić information content (AvgIpc) is 3.73. The van der Waals surface area contributed by atoms with Gasteiger partial charge in [0.1, 0.15) is 5.02 Å². The summed E-state index contributed by atoms with van der Waals surface area (Å²) in [4.78, 5) is 24.0. The van der Waals surface area contributed by atoms with Gasteiger partial charge in [-0.2, -0.15) is 36.4 Å². The molecule has 0 aliphatic carbocycles. The van der Waals surface area contributed by atoms with Gasteiger partial charge in [-0.05, 0) is 49.4 Å². The third kappa shape index (κ3) is 8.00. The number of rotatable bonds is 9. The molecule has 0 unspecified atom stereocenters. The smallest absolute Gasteiger partial charge is 0.416 e. The number of aromatic nitrogens is 6. The van der Waals surface area contributed by atoms with E-state index in [1.807, 2.05) is 16.7 Å². The molecule has 5 heterocycles. The molecule has 2 atom stereocenters. The van der Waals surface area contributed by atoms with Crippen LogP contribution < -0.4 is 14.7 Å². The zero-order valence-electron chi connectivity index (χ0n) is 27.8. The molecule has 0 spiro atoms. The van der Waals surface area contributed by atoms with Crippen LogP contribution in [0, 0.1) is 5.92 Å². The predicted octanol–water partition coefficient (Wildman–Crippen LogP) is 7.71. The van der Waals surface area contributed by atoms with Crippen molar-refractivity contribution in [3.05, 3.63) is 83.2 Å². The summed E-state index contributed by atoms with van der Waals surface area (Å²) in [6, 6.07) is 0.999. The molecule has 2 aliphatic rings. The minimum Gasteiger partial charge on any atom is -0.513 e. The number of aliphatic hydroxyl groups excluding tert-OH is 1. The van der Waals surface area contributed by atoms with E-state index in [0.29, 0.717) is 61.1 Å². The van der Waals surface area contributed by atoms with E-state index in [4.69, 9.17) is 16.6 Å². The van der Waals surface area contributed by atoms with Crippen molar-refractivity contribution in [3.8, 4) is 11.1 Å². The fourth-order valence-corrected chi connectivity index (χ4v) is 6.94. The Morgan fingerprint density at radius 1 is 0.961 bits per heavy atom. The average molecular weight is 736 g/mol. The van der Waals surface area contributed by atoms with E-state index in [1.54, 1.807) is 41.4 Å². The summed E-state index contributed by atoms with van der Waals surface area (Å²) in [5.41, 5.74) is -1.61. The maximum absolute atomic E-state index is 13.8. The van der Waals surface area contributed by atoms with Crippen molar-refractivity contribution in [2.75, 3.05) is 34.3 Å². The summed E-state index contributed by atoms with van der Waals surface area (Å²) in [5.74, 6) is 1.22. The van der Waals surface area contributed by atoms with Crippen molar-refractivity contribution < 1.29 is 31.4 Å². The highest BCUT2D eigenvalue weighted by atomic mass is 35.5. The molecular weight excluding hydrogens is 700 g/mol. The lowest BCUT2D eigenvalue weighted by molar-refractivity contribution is -0.143. The Morgan fingerprint density at radius 3 is 2.16 bits per heavy atom. The number of hydrogen-bond acceptors (Lipinski definition) is 9. The van der Waals surface area contributed by atoms with Crippen LogP contribution in [0.3, 0.4) is 0 Å². The van der Waals surface area contributed by atoms with E-state index in [9.17, 15) is 31.4 Å². The van der Waals surface area contributed by atoms with Crippen molar-refractivity contribution in [1.29, 1.82) is 0 Å². The molecule has 2 fully saturated rings. The van der Waals surface area contributed by atoms with E-state index in [0.717, 1.165) is 17.7 Å². The molecule has 2 aliphatic heterocycles. The molecule has 1 N–H and O–H groups in total. The molecule has 6 rings (SSSR count). The molecule has 0 bridgehead atoms. The van der Waals surface area contributed by atoms with E-state index >= 15 is 0 Å². The van der Waals surface area contributed by atoms with Crippen LogP contribution in [0.4, 0.5) is 44.1 Å². The first kappa shape index (κ1) is 36.2. The van der Waals surface area contributed by atoms with Gasteiger partial charge in [-0.15, -0.1) is 0 Å². The number of piperidine rings is 1. The van der Waals surface area contributed by atoms with E-state index in [1.165, 1.54) is 6.20 Å². The first-order valence-corrected chi connectivity index (χ1v) is 16.8. The van der Waals surface area contributed by atoms with Crippen LogP contribution in [0.1, 0.15) is 49.3 Å². The van der Waals surface area contributed by atoms with Crippen LogP contribution in [0.2, 0.25) is 5.02 Å². The number of allylic oxidation sites excluding steroid dienone is 1. The molecule has 0 radical (unpaired) electrons. The first-order chi connectivity index (χ1) is 24.1. The summed E-state index contributed by atoms with van der Waals surface area (Å²) in [5, 5.41) is 14.3. The quantitative estimate of drug-likeness (QED) is 0.137. The molecule has 4 aromatic rings. The van der Waals surface area contributed by atoms with Gasteiger partial charge in [0.25, 0.3) is 0 Å². The third-order valence-electron chi connectivity index (χ3n) is 9.47. The zero-order valence-corrected chi connectivity index (χ0v) is 28.6. The molecule has 17 heteroatoms. The molecule has 0 saturated carbocycles. The summed E-state index contributed by atoms with van der Waals surface area (Å²) >= 11 is 6.69. The predicted molar refractivity (Wildman–Crippen MR) is 180 cm³/mol. The van der Waals surface area contributed by atoms with E-state index in [-0.39, 0.29) is 48.4 Å². The van der Waals surface area contributed by atoms with Crippen LogP contribution in [0.5, 0.6) is 0 Å². The highest BCUT2D eigenvalue weighted by Gasteiger charge is 2.40. The van der Waals surface area contributed by atoms with Gasteiger partial charge in [0, 0.05) is 74.9 Å². The van der Waals surface area contributed by atoms with Crippen LogP contribution in [0.15, 0.2) is 61.5 Å². The van der Waals surface area contributed by atoms with Crippen molar-refractivity contribution in [3.63, 3.8) is 0 Å². The van der Waals surface area contributed by atoms with Crippen LogP contribution in [-0.2, 0) is 25.9 Å². The van der Waals surface area contributed by atoms with E-state index < -0.39 is 29.5 Å². The van der Waals surface area contributed by atoms with Crippen LogP contribution in [-0.4, -0.2) is 66.5 Å². The SMILES string of the molecule is C=C(O)C1CCN(c2ncc(Cl)c(N3C[C@@H](N(Cc4cc(C(F)(F)F)cc(C(F)(F)F)c4)c4ncc(-c5cnn(C)c5)cn4)C[C@H]3CC)n2)CC1. The van der Waals surface area contributed by atoms with Gasteiger partial charge in [0.15, 0.2) is 5.82 Å². The van der Waals surface area contributed by atoms with Gasteiger partial charge in [0.05, 0.1) is 35.3 Å². The number of nitrogens with zero attached hydrogens (tertiary/aromatic N) is 9. The van der Waals surface area contributed by atoms with Gasteiger partial charge in [0.2, 0.25) is 11.9 Å². The molecule has 51 heavy (non-hydrogen) atoms. The summed E-state index contributed by atoms with van der Waals surface area (Å²) in [6.07, 6.45) is 0.495. The zero-order chi connectivity index (χ0) is 36.7. The third-order valence-corrected chi connectivity index (χ3v) is 9.74. The maximum Gasteiger partial charge on any atom is 0.416 e. The lowest BCUT2D eigenvalue weighted by Crippen LogP contribution is -2.39. The second-order valence-corrected chi connectivity index (χ2v) is 13.3. The number of anilines is 3. The first-order valence-electron chi connectivity index (χ1n) is 16.4. The standard InChI is InChI=1S/C34H36ClF6N9O/c1-4-27-12-28(19-49(27)30-29(35)16-44-32(46-30)48-7-5-22(6-8-48)20(2)51)50(31-42-13-23(14-43-31)24-15-45-47(3)18-24)17-21-9-25(33(36,37)38)11-26(10-21)34(39,40)41/h9-11,13-16,18,22,27-28,51H,2,4-8,12,17,19H2,1,3H3/t27-,28+/m1/s1. The topological polar surface area (TPSA) is 99.3 Å². The second kappa shape index (κ2) is 14.2. The summed E-state index contributed by atoms with van der Waals surface area (Å²) in [7, 11) is 1.75. The molecule has 2 saturated heterocycles. The number of benzene rings is 1. The van der Waals surface area contributed by atoms with Gasteiger partial charge < -0.3 is 19.8 Å².